The number of phenols is 1. The molecule has 1 heterocycles. The van der Waals surface area contributed by atoms with E-state index < -0.39 is 0 Å². The summed E-state index contributed by atoms with van der Waals surface area (Å²) in [5, 5.41) is 17.3. The van der Waals surface area contributed by atoms with Gasteiger partial charge in [-0.1, -0.05) is 30.3 Å². The van der Waals surface area contributed by atoms with Gasteiger partial charge in [-0.25, -0.2) is 4.98 Å². The Balaban J connectivity index is 1.38. The largest absolute Gasteiger partial charge is 0.508 e. The molecule has 0 aliphatic rings. The molecule has 2 amide bonds. The van der Waals surface area contributed by atoms with Gasteiger partial charge in [-0.2, -0.15) is 0 Å². The quantitative estimate of drug-likeness (QED) is 0.334. The fraction of sp³-hybridized carbons (Fsp3) is 0.0417. The van der Waals surface area contributed by atoms with E-state index in [1.807, 2.05) is 35.7 Å². The molecule has 0 fully saturated rings. The predicted molar refractivity (Wildman–Crippen MR) is 126 cm³/mol. The van der Waals surface area contributed by atoms with Gasteiger partial charge in [0.05, 0.1) is 12.2 Å². The first-order chi connectivity index (χ1) is 15.5. The molecule has 5 N–H and O–H groups in total. The van der Waals surface area contributed by atoms with Crippen LogP contribution in [-0.2, 0) is 4.79 Å². The molecule has 4 aromatic rings. The molecule has 160 valence electrons. The van der Waals surface area contributed by atoms with Crippen LogP contribution in [0.1, 0.15) is 10.4 Å². The first-order valence-corrected chi connectivity index (χ1v) is 10.6. The van der Waals surface area contributed by atoms with E-state index in [1.54, 1.807) is 42.5 Å². The second kappa shape index (κ2) is 9.32. The van der Waals surface area contributed by atoms with Crippen molar-refractivity contribution < 1.29 is 14.7 Å². The lowest BCUT2D eigenvalue weighted by Crippen LogP contribution is -2.32. The molecular formula is C24H20N4O3S. The number of anilines is 2. The number of phenolic OH excluding ortho intramolecular Hbond substituents is 1. The van der Waals surface area contributed by atoms with Crippen molar-refractivity contribution in [2.75, 3.05) is 17.6 Å². The van der Waals surface area contributed by atoms with Crippen molar-refractivity contribution in [3.8, 4) is 28.1 Å². The Labute approximate surface area is 188 Å². The number of nitrogens with two attached hydrogens (primary N) is 1. The summed E-state index contributed by atoms with van der Waals surface area (Å²) >= 11 is 1.30. The van der Waals surface area contributed by atoms with E-state index in [-0.39, 0.29) is 24.1 Å². The fourth-order valence-electron chi connectivity index (χ4n) is 3.07. The van der Waals surface area contributed by atoms with Crippen LogP contribution in [0.5, 0.6) is 5.75 Å². The van der Waals surface area contributed by atoms with Gasteiger partial charge in [0.1, 0.15) is 5.75 Å². The number of carbonyl (C=O) groups is 2. The third-order valence-corrected chi connectivity index (χ3v) is 5.43. The molecule has 0 radical (unpaired) electrons. The van der Waals surface area contributed by atoms with Crippen LogP contribution in [-0.4, -0.2) is 28.4 Å². The Morgan fingerprint density at radius 3 is 2.38 bits per heavy atom. The molecule has 3 aromatic carbocycles. The molecule has 1 aromatic heterocycles. The average Bonchev–Trinajstić information content (AvgIpc) is 3.26. The zero-order valence-electron chi connectivity index (χ0n) is 16.9. The Kier molecular flexibility index (Phi) is 6.14. The van der Waals surface area contributed by atoms with Gasteiger partial charge < -0.3 is 21.5 Å². The average molecular weight is 445 g/mol. The number of thiazole rings is 1. The molecule has 32 heavy (non-hydrogen) atoms. The van der Waals surface area contributed by atoms with Gasteiger partial charge in [0.15, 0.2) is 5.13 Å². The van der Waals surface area contributed by atoms with Gasteiger partial charge >= 0.3 is 0 Å². The summed E-state index contributed by atoms with van der Waals surface area (Å²) in [5.41, 5.74) is 10.0. The highest BCUT2D eigenvalue weighted by atomic mass is 32.1. The van der Waals surface area contributed by atoms with E-state index in [0.717, 1.165) is 22.4 Å². The highest BCUT2D eigenvalue weighted by Crippen LogP contribution is 2.30. The lowest BCUT2D eigenvalue weighted by Gasteiger charge is -2.06. The van der Waals surface area contributed by atoms with Crippen molar-refractivity contribution in [2.45, 2.75) is 0 Å². The summed E-state index contributed by atoms with van der Waals surface area (Å²) < 4.78 is 0. The van der Waals surface area contributed by atoms with Crippen LogP contribution in [0.2, 0.25) is 0 Å². The van der Waals surface area contributed by atoms with Gasteiger partial charge in [-0.3, -0.25) is 9.59 Å². The molecule has 8 heteroatoms. The normalized spacial score (nSPS) is 10.5. The number of amides is 2. The van der Waals surface area contributed by atoms with Crippen LogP contribution >= 0.6 is 11.3 Å². The Morgan fingerprint density at radius 2 is 1.62 bits per heavy atom. The second-order valence-corrected chi connectivity index (χ2v) is 7.88. The van der Waals surface area contributed by atoms with Crippen LogP contribution in [0.3, 0.4) is 0 Å². The summed E-state index contributed by atoms with van der Waals surface area (Å²) in [6.07, 6.45) is 0. The standard InChI is InChI=1S/C24H20N4O3S/c25-19-9-7-15(8-10-19)23(31)26-13-22(30)28-24-27-21(14-32-24)18-5-1-3-16(11-18)17-4-2-6-20(29)12-17/h1-12,14,29H,13,25H2,(H,26,31)(H,27,28,30). The number of hydrogen-bond acceptors (Lipinski definition) is 6. The van der Waals surface area contributed by atoms with E-state index in [0.29, 0.717) is 16.4 Å². The summed E-state index contributed by atoms with van der Waals surface area (Å²) in [6, 6.07) is 21.3. The summed E-state index contributed by atoms with van der Waals surface area (Å²) in [6.45, 7) is -0.175. The zero-order chi connectivity index (χ0) is 22.5. The number of nitrogen functional groups attached to an aromatic ring is 1. The minimum absolute atomic E-state index is 0.175. The van der Waals surface area contributed by atoms with Crippen LogP contribution in [0.25, 0.3) is 22.4 Å². The molecule has 0 aliphatic heterocycles. The first-order valence-electron chi connectivity index (χ1n) is 9.77. The Bertz CT molecular complexity index is 1270. The van der Waals surface area contributed by atoms with Crippen LogP contribution in [0, 0.1) is 0 Å². The molecule has 0 unspecified atom stereocenters. The highest BCUT2D eigenvalue weighted by Gasteiger charge is 2.11. The van der Waals surface area contributed by atoms with Crippen LogP contribution in [0.4, 0.5) is 10.8 Å². The van der Waals surface area contributed by atoms with Crippen LogP contribution in [0.15, 0.2) is 78.2 Å². The minimum atomic E-state index is -0.372. The molecule has 0 atom stereocenters. The van der Waals surface area contributed by atoms with E-state index >= 15 is 0 Å². The molecule has 7 nitrogen and oxygen atoms in total. The number of aromatic hydroxyl groups is 1. The van der Waals surface area contributed by atoms with Gasteiger partial charge in [-0.05, 0) is 53.6 Å². The van der Waals surface area contributed by atoms with Crippen molar-refractivity contribution in [2.24, 2.45) is 0 Å². The van der Waals surface area contributed by atoms with Gasteiger partial charge in [0, 0.05) is 22.2 Å². The Hall–Kier alpha value is -4.17. The number of hydrogen-bond donors (Lipinski definition) is 4. The third kappa shape index (κ3) is 5.11. The summed E-state index contributed by atoms with van der Waals surface area (Å²) in [4.78, 5) is 28.8. The molecule has 0 spiro atoms. The number of nitrogens with one attached hydrogen (secondary N) is 2. The monoisotopic (exact) mass is 444 g/mol. The van der Waals surface area contributed by atoms with Crippen molar-refractivity contribution >= 4 is 34.0 Å². The molecule has 0 aliphatic carbocycles. The smallest absolute Gasteiger partial charge is 0.251 e. The van der Waals surface area contributed by atoms with Gasteiger partial charge in [0.25, 0.3) is 5.91 Å². The van der Waals surface area contributed by atoms with Gasteiger partial charge in [-0.15, -0.1) is 11.3 Å². The summed E-state index contributed by atoms with van der Waals surface area (Å²) in [5.74, 6) is -0.526. The first kappa shape index (κ1) is 21.1. The molecule has 4 rings (SSSR count). The maximum Gasteiger partial charge on any atom is 0.251 e. The zero-order valence-corrected chi connectivity index (χ0v) is 17.7. The molecule has 0 saturated heterocycles. The topological polar surface area (TPSA) is 117 Å². The van der Waals surface area contributed by atoms with E-state index in [9.17, 15) is 14.7 Å². The summed E-state index contributed by atoms with van der Waals surface area (Å²) in [7, 11) is 0. The van der Waals surface area contributed by atoms with Crippen molar-refractivity contribution in [3.05, 3.63) is 83.7 Å². The van der Waals surface area contributed by atoms with E-state index in [2.05, 4.69) is 15.6 Å². The maximum absolute atomic E-state index is 12.2. The third-order valence-electron chi connectivity index (χ3n) is 4.67. The lowest BCUT2D eigenvalue weighted by atomic mass is 10.0. The number of carbonyl (C=O) groups excluding carboxylic acids is 2. The highest BCUT2D eigenvalue weighted by molar-refractivity contribution is 7.14. The van der Waals surface area contributed by atoms with Crippen molar-refractivity contribution in [3.63, 3.8) is 0 Å². The van der Waals surface area contributed by atoms with Gasteiger partial charge in [0.2, 0.25) is 5.91 Å². The second-order valence-electron chi connectivity index (χ2n) is 7.02. The molecule has 0 bridgehead atoms. The maximum atomic E-state index is 12.2. The van der Waals surface area contributed by atoms with E-state index in [4.69, 9.17) is 5.73 Å². The number of rotatable bonds is 6. The van der Waals surface area contributed by atoms with E-state index in [1.165, 1.54) is 11.3 Å². The molecule has 0 saturated carbocycles. The number of nitrogens with zero attached hydrogens (tertiary/aromatic N) is 1. The number of benzene rings is 3. The Morgan fingerprint density at radius 1 is 0.938 bits per heavy atom. The van der Waals surface area contributed by atoms with Crippen LogP contribution < -0.4 is 16.4 Å². The molecular weight excluding hydrogens is 424 g/mol. The SMILES string of the molecule is Nc1ccc(C(=O)NCC(=O)Nc2nc(-c3cccc(-c4cccc(O)c4)c3)cs2)cc1. The minimum Gasteiger partial charge on any atom is -0.508 e. The predicted octanol–water partition coefficient (Wildman–Crippen LogP) is 4.13. The number of aromatic nitrogens is 1. The van der Waals surface area contributed by atoms with Crippen molar-refractivity contribution in [1.82, 2.24) is 10.3 Å². The fourth-order valence-corrected chi connectivity index (χ4v) is 3.80. The van der Waals surface area contributed by atoms with Crippen molar-refractivity contribution in [1.29, 1.82) is 0 Å². The lowest BCUT2D eigenvalue weighted by molar-refractivity contribution is -0.115.